The SMILES string of the molecule is COc1cc(OC)cc(-c2cc3ccc(N4CCNC5(CC5)C4)cc3oc2=O)c1. The highest BCUT2D eigenvalue weighted by Crippen LogP contribution is 2.39. The minimum atomic E-state index is -0.371. The lowest BCUT2D eigenvalue weighted by Gasteiger charge is -2.35. The molecule has 2 heterocycles. The third kappa shape index (κ3) is 3.34. The predicted octanol–water partition coefficient (Wildman–Crippen LogP) is 3.42. The Morgan fingerprint density at radius 1 is 1.03 bits per heavy atom. The highest BCUT2D eigenvalue weighted by Gasteiger charge is 2.45. The van der Waals surface area contributed by atoms with E-state index in [2.05, 4.69) is 16.3 Å². The lowest BCUT2D eigenvalue weighted by Crippen LogP contribution is -2.52. The second-order valence-corrected chi connectivity index (χ2v) is 7.90. The van der Waals surface area contributed by atoms with Gasteiger partial charge in [-0.2, -0.15) is 0 Å². The largest absolute Gasteiger partial charge is 0.497 e. The number of anilines is 1. The van der Waals surface area contributed by atoms with Gasteiger partial charge in [0.15, 0.2) is 0 Å². The van der Waals surface area contributed by atoms with Crippen LogP contribution in [0.25, 0.3) is 22.1 Å². The van der Waals surface area contributed by atoms with Gasteiger partial charge in [0.2, 0.25) is 0 Å². The summed E-state index contributed by atoms with van der Waals surface area (Å²) >= 11 is 0. The van der Waals surface area contributed by atoms with Crippen molar-refractivity contribution < 1.29 is 13.9 Å². The first-order chi connectivity index (χ1) is 14.1. The average Bonchev–Trinajstić information content (AvgIpc) is 3.50. The first kappa shape index (κ1) is 18.1. The van der Waals surface area contributed by atoms with E-state index in [0.717, 1.165) is 30.7 Å². The van der Waals surface area contributed by atoms with Gasteiger partial charge >= 0.3 is 5.63 Å². The summed E-state index contributed by atoms with van der Waals surface area (Å²) in [7, 11) is 3.18. The molecule has 0 unspecified atom stereocenters. The smallest absolute Gasteiger partial charge is 0.344 e. The number of benzene rings is 2. The van der Waals surface area contributed by atoms with Crippen molar-refractivity contribution in [2.75, 3.05) is 38.8 Å². The van der Waals surface area contributed by atoms with Crippen LogP contribution in [0.1, 0.15) is 12.8 Å². The Morgan fingerprint density at radius 3 is 2.48 bits per heavy atom. The summed E-state index contributed by atoms with van der Waals surface area (Å²) in [5, 5.41) is 4.51. The molecule has 6 nitrogen and oxygen atoms in total. The average molecular weight is 392 g/mol. The molecule has 2 fully saturated rings. The highest BCUT2D eigenvalue weighted by molar-refractivity contribution is 5.85. The molecule has 1 saturated heterocycles. The van der Waals surface area contributed by atoms with Crippen molar-refractivity contribution in [1.82, 2.24) is 5.32 Å². The van der Waals surface area contributed by atoms with Crippen LogP contribution in [0.3, 0.4) is 0 Å². The molecular formula is C23H24N2O4. The first-order valence-electron chi connectivity index (χ1n) is 9.90. The number of nitrogens with one attached hydrogen (secondary N) is 1. The Kier molecular flexibility index (Phi) is 4.24. The van der Waals surface area contributed by atoms with Crippen molar-refractivity contribution in [3.63, 3.8) is 0 Å². The van der Waals surface area contributed by atoms with Gasteiger partial charge < -0.3 is 24.1 Å². The van der Waals surface area contributed by atoms with Crippen LogP contribution in [-0.4, -0.2) is 39.4 Å². The van der Waals surface area contributed by atoms with Gasteiger partial charge in [-0.1, -0.05) is 0 Å². The van der Waals surface area contributed by atoms with Gasteiger partial charge in [0.05, 0.1) is 19.8 Å². The van der Waals surface area contributed by atoms with Crippen LogP contribution < -0.4 is 25.3 Å². The van der Waals surface area contributed by atoms with E-state index in [1.54, 1.807) is 20.3 Å². The maximum Gasteiger partial charge on any atom is 0.344 e. The van der Waals surface area contributed by atoms with E-state index in [4.69, 9.17) is 13.9 Å². The molecule has 1 aliphatic carbocycles. The summed E-state index contributed by atoms with van der Waals surface area (Å²) < 4.78 is 16.4. The summed E-state index contributed by atoms with van der Waals surface area (Å²) in [6.07, 6.45) is 2.47. The molecule has 29 heavy (non-hydrogen) atoms. The van der Waals surface area contributed by atoms with E-state index in [-0.39, 0.29) is 5.63 Å². The van der Waals surface area contributed by atoms with E-state index in [0.29, 0.717) is 33.7 Å². The zero-order valence-corrected chi connectivity index (χ0v) is 16.7. The molecule has 0 radical (unpaired) electrons. The molecule has 0 amide bonds. The van der Waals surface area contributed by atoms with Crippen molar-refractivity contribution in [2.24, 2.45) is 0 Å². The van der Waals surface area contributed by atoms with Gasteiger partial charge in [0, 0.05) is 48.4 Å². The second-order valence-electron chi connectivity index (χ2n) is 7.90. The van der Waals surface area contributed by atoms with Gasteiger partial charge in [-0.15, -0.1) is 0 Å². The Hall–Kier alpha value is -2.99. The molecule has 3 aromatic rings. The van der Waals surface area contributed by atoms with E-state index in [1.807, 2.05) is 30.3 Å². The molecule has 6 heteroatoms. The molecule has 1 aliphatic heterocycles. The number of hydrogen-bond donors (Lipinski definition) is 1. The second kappa shape index (κ2) is 6.81. The van der Waals surface area contributed by atoms with E-state index in [9.17, 15) is 4.79 Å². The van der Waals surface area contributed by atoms with Gasteiger partial charge in [-0.25, -0.2) is 4.79 Å². The van der Waals surface area contributed by atoms with E-state index >= 15 is 0 Å². The molecule has 2 aliphatic rings. The molecule has 1 spiro atoms. The molecule has 150 valence electrons. The minimum Gasteiger partial charge on any atom is -0.497 e. The van der Waals surface area contributed by atoms with Gasteiger partial charge in [-0.3, -0.25) is 0 Å². The molecule has 1 saturated carbocycles. The Labute approximate surface area is 169 Å². The number of rotatable bonds is 4. The monoisotopic (exact) mass is 392 g/mol. The molecule has 0 atom stereocenters. The number of methoxy groups -OCH3 is 2. The molecule has 2 aromatic carbocycles. The number of fused-ring (bicyclic) bond motifs is 1. The van der Waals surface area contributed by atoms with Crippen LogP contribution >= 0.6 is 0 Å². The van der Waals surface area contributed by atoms with Gasteiger partial charge in [0.25, 0.3) is 0 Å². The van der Waals surface area contributed by atoms with Crippen LogP contribution in [0.2, 0.25) is 0 Å². The zero-order chi connectivity index (χ0) is 20.0. The zero-order valence-electron chi connectivity index (χ0n) is 16.7. The van der Waals surface area contributed by atoms with Crippen molar-refractivity contribution in [3.05, 3.63) is 52.9 Å². The normalized spacial score (nSPS) is 17.5. The number of piperazine rings is 1. The lowest BCUT2D eigenvalue weighted by molar-refractivity contribution is 0.394. The number of hydrogen-bond acceptors (Lipinski definition) is 6. The van der Waals surface area contributed by atoms with Crippen molar-refractivity contribution >= 4 is 16.7 Å². The third-order valence-corrected chi connectivity index (χ3v) is 5.98. The summed E-state index contributed by atoms with van der Waals surface area (Å²) in [4.78, 5) is 15.1. The topological polar surface area (TPSA) is 63.9 Å². The standard InChI is InChI=1S/C23H24N2O4/c1-27-18-9-16(10-19(13-18)28-2)20-11-15-3-4-17(12-21(15)29-22(20)26)25-8-7-24-23(14-25)5-6-23/h3-4,9-13,24H,5-8,14H2,1-2H3. The summed E-state index contributed by atoms with van der Waals surface area (Å²) in [5.74, 6) is 1.25. The molecule has 1 N–H and O–H groups in total. The number of nitrogens with zero attached hydrogens (tertiary/aromatic N) is 1. The third-order valence-electron chi connectivity index (χ3n) is 5.98. The Bertz CT molecular complexity index is 1110. The van der Waals surface area contributed by atoms with Crippen molar-refractivity contribution in [2.45, 2.75) is 18.4 Å². The fraction of sp³-hybridized carbons (Fsp3) is 0.348. The first-order valence-corrected chi connectivity index (χ1v) is 9.90. The van der Waals surface area contributed by atoms with E-state index in [1.165, 1.54) is 12.8 Å². The van der Waals surface area contributed by atoms with Crippen LogP contribution in [0, 0.1) is 0 Å². The van der Waals surface area contributed by atoms with Crippen LogP contribution in [0.15, 0.2) is 51.7 Å². The molecule has 1 aromatic heterocycles. The van der Waals surface area contributed by atoms with Crippen LogP contribution in [-0.2, 0) is 0 Å². The fourth-order valence-electron chi connectivity index (χ4n) is 4.12. The Balaban J connectivity index is 1.53. The Morgan fingerprint density at radius 2 is 1.79 bits per heavy atom. The summed E-state index contributed by atoms with van der Waals surface area (Å²) in [5.41, 5.74) is 2.83. The summed E-state index contributed by atoms with van der Waals surface area (Å²) in [6.45, 7) is 2.95. The van der Waals surface area contributed by atoms with E-state index < -0.39 is 0 Å². The van der Waals surface area contributed by atoms with Crippen molar-refractivity contribution in [1.29, 1.82) is 0 Å². The molecular weight excluding hydrogens is 368 g/mol. The van der Waals surface area contributed by atoms with Crippen LogP contribution in [0.4, 0.5) is 5.69 Å². The fourth-order valence-corrected chi connectivity index (χ4v) is 4.12. The minimum absolute atomic E-state index is 0.295. The van der Waals surface area contributed by atoms with Gasteiger partial charge in [0.1, 0.15) is 17.1 Å². The predicted molar refractivity (Wildman–Crippen MR) is 113 cm³/mol. The summed E-state index contributed by atoms with van der Waals surface area (Å²) in [6, 6.07) is 13.4. The lowest BCUT2D eigenvalue weighted by atomic mass is 10.0. The molecule has 0 bridgehead atoms. The molecule has 5 rings (SSSR count). The van der Waals surface area contributed by atoms with Gasteiger partial charge in [-0.05, 0) is 48.7 Å². The maximum absolute atomic E-state index is 12.8. The van der Waals surface area contributed by atoms with Crippen LogP contribution in [0.5, 0.6) is 11.5 Å². The van der Waals surface area contributed by atoms with Crippen molar-refractivity contribution in [3.8, 4) is 22.6 Å². The highest BCUT2D eigenvalue weighted by atomic mass is 16.5. The maximum atomic E-state index is 12.8. The quantitative estimate of drug-likeness (QED) is 0.687. The number of ether oxygens (including phenoxy) is 2.